The number of hydrogen-bond acceptors (Lipinski definition) is 1. The molecule has 1 heteroatoms. The molecule has 60 valence electrons. The molecule has 0 aliphatic heterocycles. The molecular formula is C9H18S. The van der Waals surface area contributed by atoms with Crippen LogP contribution in [0.1, 0.15) is 40.0 Å². The molecule has 0 N–H and O–H groups in total. The molecule has 0 aromatic heterocycles. The lowest BCUT2D eigenvalue weighted by Crippen LogP contribution is -1.92. The van der Waals surface area contributed by atoms with Gasteiger partial charge in [-0.05, 0) is 24.2 Å². The van der Waals surface area contributed by atoms with Crippen LogP contribution in [0.2, 0.25) is 0 Å². The maximum absolute atomic E-state index is 4.17. The van der Waals surface area contributed by atoms with Crippen LogP contribution in [0, 0.1) is 5.92 Å². The van der Waals surface area contributed by atoms with Crippen LogP contribution in [-0.4, -0.2) is 0 Å². The highest BCUT2D eigenvalue weighted by molar-refractivity contribution is 7.83. The van der Waals surface area contributed by atoms with Crippen molar-refractivity contribution in [3.05, 3.63) is 11.0 Å². The summed E-state index contributed by atoms with van der Waals surface area (Å²) in [5.41, 5.74) is 1.48. The maximum Gasteiger partial charge on any atom is -0.0252 e. The van der Waals surface area contributed by atoms with Crippen molar-refractivity contribution in [1.82, 2.24) is 0 Å². The first-order valence-corrected chi connectivity index (χ1v) is 4.57. The highest BCUT2D eigenvalue weighted by Crippen LogP contribution is 2.17. The van der Waals surface area contributed by atoms with Crippen LogP contribution >= 0.6 is 12.6 Å². The summed E-state index contributed by atoms with van der Waals surface area (Å²) >= 11 is 4.17. The van der Waals surface area contributed by atoms with Gasteiger partial charge < -0.3 is 0 Å². The first-order valence-electron chi connectivity index (χ1n) is 4.05. The van der Waals surface area contributed by atoms with Crippen LogP contribution in [0.4, 0.5) is 0 Å². The molecule has 0 amide bonds. The third-order valence-corrected chi connectivity index (χ3v) is 2.06. The van der Waals surface area contributed by atoms with Crippen molar-refractivity contribution in [3.63, 3.8) is 0 Å². The Morgan fingerprint density at radius 3 is 2.40 bits per heavy atom. The largest absolute Gasteiger partial charge is 0.151 e. The van der Waals surface area contributed by atoms with Gasteiger partial charge in [-0.2, -0.15) is 12.6 Å². The number of unbranched alkanes of at least 4 members (excludes halogenated alkanes) is 1. The lowest BCUT2D eigenvalue weighted by atomic mass is 10.00. The fourth-order valence-electron chi connectivity index (χ4n) is 0.883. The molecule has 0 radical (unpaired) electrons. The molecule has 0 fully saturated rings. The van der Waals surface area contributed by atoms with Crippen LogP contribution in [0.25, 0.3) is 0 Å². The minimum atomic E-state index is 0.670. The number of hydrogen-bond donors (Lipinski definition) is 1. The minimum absolute atomic E-state index is 0.670. The Morgan fingerprint density at radius 2 is 2.10 bits per heavy atom. The van der Waals surface area contributed by atoms with Gasteiger partial charge in [0.05, 0.1) is 0 Å². The molecule has 0 nitrogen and oxygen atoms in total. The molecule has 0 saturated heterocycles. The molecule has 0 bridgehead atoms. The summed E-state index contributed by atoms with van der Waals surface area (Å²) in [6.07, 6.45) is 3.79. The second-order valence-corrected chi connectivity index (χ2v) is 3.22. The summed E-state index contributed by atoms with van der Waals surface area (Å²) in [4.78, 5) is 0. The number of allylic oxidation sites excluding steroid dienone is 1. The van der Waals surface area contributed by atoms with Gasteiger partial charge in [-0.3, -0.25) is 0 Å². The molecule has 10 heavy (non-hydrogen) atoms. The van der Waals surface area contributed by atoms with Gasteiger partial charge >= 0.3 is 0 Å². The van der Waals surface area contributed by atoms with E-state index in [2.05, 4.69) is 33.4 Å². The molecular weight excluding hydrogens is 140 g/mol. The normalized spacial score (nSPS) is 12.7. The van der Waals surface area contributed by atoms with E-state index in [4.69, 9.17) is 0 Å². The zero-order valence-corrected chi connectivity index (χ0v) is 8.12. The van der Waals surface area contributed by atoms with E-state index >= 15 is 0 Å². The van der Waals surface area contributed by atoms with Gasteiger partial charge in [-0.15, -0.1) is 0 Å². The predicted octanol–water partition coefficient (Wildman–Crippen LogP) is 3.65. The van der Waals surface area contributed by atoms with E-state index in [0.29, 0.717) is 5.92 Å². The van der Waals surface area contributed by atoms with E-state index in [1.54, 1.807) is 0 Å². The second kappa shape index (κ2) is 5.84. The second-order valence-electron chi connectivity index (χ2n) is 2.96. The van der Waals surface area contributed by atoms with Gasteiger partial charge in [0.2, 0.25) is 0 Å². The van der Waals surface area contributed by atoms with Crippen LogP contribution in [0.15, 0.2) is 11.0 Å². The van der Waals surface area contributed by atoms with E-state index in [1.807, 2.05) is 5.41 Å². The van der Waals surface area contributed by atoms with Crippen molar-refractivity contribution in [2.45, 2.75) is 40.0 Å². The molecule has 0 heterocycles. The summed E-state index contributed by atoms with van der Waals surface area (Å²) in [6.45, 7) is 6.66. The zero-order chi connectivity index (χ0) is 7.98. The molecule has 0 aliphatic carbocycles. The van der Waals surface area contributed by atoms with Gasteiger partial charge in [0.1, 0.15) is 0 Å². The quantitative estimate of drug-likeness (QED) is 0.593. The lowest BCUT2D eigenvalue weighted by Gasteiger charge is -2.08. The van der Waals surface area contributed by atoms with Crippen LogP contribution in [0.5, 0.6) is 0 Å². The van der Waals surface area contributed by atoms with Gasteiger partial charge in [0.25, 0.3) is 0 Å². The first kappa shape index (κ1) is 10.1. The van der Waals surface area contributed by atoms with E-state index < -0.39 is 0 Å². The summed E-state index contributed by atoms with van der Waals surface area (Å²) in [5.74, 6) is 0.670. The molecule has 0 saturated carbocycles. The van der Waals surface area contributed by atoms with Crippen molar-refractivity contribution >= 4 is 12.6 Å². The molecule has 0 aromatic carbocycles. The number of rotatable bonds is 4. The van der Waals surface area contributed by atoms with E-state index in [-0.39, 0.29) is 0 Å². The third kappa shape index (κ3) is 3.99. The molecule has 0 aromatic rings. The minimum Gasteiger partial charge on any atom is -0.151 e. The highest BCUT2D eigenvalue weighted by Gasteiger charge is 1.99. The Kier molecular flexibility index (Phi) is 5.90. The summed E-state index contributed by atoms with van der Waals surface area (Å²) in [5, 5.41) is 1.96. The first-order chi connectivity index (χ1) is 4.72. The predicted molar refractivity (Wildman–Crippen MR) is 51.4 cm³/mol. The van der Waals surface area contributed by atoms with Crippen LogP contribution in [-0.2, 0) is 0 Å². The van der Waals surface area contributed by atoms with Gasteiger partial charge in [0.15, 0.2) is 0 Å². The monoisotopic (exact) mass is 158 g/mol. The molecule has 0 atom stereocenters. The van der Waals surface area contributed by atoms with E-state index in [0.717, 1.165) is 0 Å². The highest BCUT2D eigenvalue weighted by atomic mass is 32.1. The average molecular weight is 158 g/mol. The lowest BCUT2D eigenvalue weighted by molar-refractivity contribution is 0.676. The number of thiol groups is 1. The Balaban J connectivity index is 3.63. The van der Waals surface area contributed by atoms with Crippen LogP contribution in [0.3, 0.4) is 0 Å². The van der Waals surface area contributed by atoms with Gasteiger partial charge in [0, 0.05) is 0 Å². The fraction of sp³-hybridized carbons (Fsp3) is 0.778. The van der Waals surface area contributed by atoms with Crippen molar-refractivity contribution < 1.29 is 0 Å². The summed E-state index contributed by atoms with van der Waals surface area (Å²) < 4.78 is 0. The smallest absolute Gasteiger partial charge is 0.0252 e. The Labute approximate surface area is 70.1 Å². The summed E-state index contributed by atoms with van der Waals surface area (Å²) in [6, 6.07) is 0. The van der Waals surface area contributed by atoms with E-state index in [9.17, 15) is 0 Å². The molecule has 0 rings (SSSR count). The van der Waals surface area contributed by atoms with Crippen molar-refractivity contribution in [1.29, 1.82) is 0 Å². The SMILES string of the molecule is CCCC/C(=C/S)C(C)C. The van der Waals surface area contributed by atoms with Gasteiger partial charge in [-0.25, -0.2) is 0 Å². The Bertz CT molecular complexity index is 103. The summed E-state index contributed by atoms with van der Waals surface area (Å²) in [7, 11) is 0. The van der Waals surface area contributed by atoms with Gasteiger partial charge in [-0.1, -0.05) is 32.8 Å². The zero-order valence-electron chi connectivity index (χ0n) is 7.22. The maximum atomic E-state index is 4.17. The van der Waals surface area contributed by atoms with E-state index in [1.165, 1.54) is 24.8 Å². The average Bonchev–Trinajstić information content (AvgIpc) is 1.89. The standard InChI is InChI=1S/C9H18S/c1-4-5-6-9(7-10)8(2)3/h7-8,10H,4-6H2,1-3H3/b9-7-. The van der Waals surface area contributed by atoms with Crippen LogP contribution < -0.4 is 0 Å². The molecule has 0 aliphatic rings. The van der Waals surface area contributed by atoms with Crippen molar-refractivity contribution in [2.24, 2.45) is 5.92 Å². The molecule has 0 spiro atoms. The third-order valence-electron chi connectivity index (χ3n) is 1.73. The van der Waals surface area contributed by atoms with Crippen molar-refractivity contribution in [2.75, 3.05) is 0 Å². The topological polar surface area (TPSA) is 0 Å². The van der Waals surface area contributed by atoms with Crippen molar-refractivity contribution in [3.8, 4) is 0 Å². The molecule has 0 unspecified atom stereocenters. The fourth-order valence-corrected chi connectivity index (χ4v) is 1.31. The Morgan fingerprint density at radius 1 is 1.50 bits per heavy atom. The Hall–Kier alpha value is 0.0900.